The van der Waals surface area contributed by atoms with Gasteiger partial charge in [-0.15, -0.1) is 10.2 Å². The number of anilines is 1. The summed E-state index contributed by atoms with van der Waals surface area (Å²) in [5.41, 5.74) is 4.43. The van der Waals surface area contributed by atoms with Crippen LogP contribution in [0.5, 0.6) is 0 Å². The van der Waals surface area contributed by atoms with E-state index < -0.39 is 0 Å². The Balaban J connectivity index is 1.42. The fraction of sp³-hybridized carbons (Fsp3) is 0.238. The molecule has 2 heterocycles. The summed E-state index contributed by atoms with van der Waals surface area (Å²) >= 11 is 2.88. The Hall–Kier alpha value is -2.71. The Morgan fingerprint density at radius 1 is 1.14 bits per heavy atom. The van der Waals surface area contributed by atoms with E-state index in [2.05, 4.69) is 51.7 Å². The predicted molar refractivity (Wildman–Crippen MR) is 119 cm³/mol. The number of hydrogen-bond donors (Lipinski definition) is 1. The second-order valence-electron chi connectivity index (χ2n) is 6.89. The molecule has 4 rings (SSSR count). The van der Waals surface area contributed by atoms with E-state index in [1.165, 1.54) is 34.2 Å². The molecule has 0 unspecified atom stereocenters. The lowest BCUT2D eigenvalue weighted by atomic mass is 10.1. The number of thioether (sulfide) groups is 1. The summed E-state index contributed by atoms with van der Waals surface area (Å²) < 4.78 is 3.11. The van der Waals surface area contributed by atoms with Crippen LogP contribution < -0.4 is 5.32 Å². The van der Waals surface area contributed by atoms with Crippen LogP contribution in [-0.2, 0) is 11.3 Å². The Kier molecular flexibility index (Phi) is 5.64. The summed E-state index contributed by atoms with van der Waals surface area (Å²) in [6.45, 7) is 6.71. The van der Waals surface area contributed by atoms with Crippen molar-refractivity contribution in [2.24, 2.45) is 0 Å². The molecular weight excluding hydrogens is 402 g/mol. The van der Waals surface area contributed by atoms with Gasteiger partial charge in [-0.05, 0) is 43.5 Å². The van der Waals surface area contributed by atoms with Crippen molar-refractivity contribution in [2.45, 2.75) is 32.5 Å². The molecule has 0 atom stereocenters. The van der Waals surface area contributed by atoms with Crippen LogP contribution in [0.4, 0.5) is 5.13 Å². The van der Waals surface area contributed by atoms with Gasteiger partial charge in [0.2, 0.25) is 5.91 Å². The molecule has 0 fully saturated rings. The maximum atomic E-state index is 12.5. The second-order valence-corrected chi connectivity index (χ2v) is 8.86. The lowest BCUT2D eigenvalue weighted by Gasteiger charge is -2.08. The highest BCUT2D eigenvalue weighted by Gasteiger charge is 2.14. The van der Waals surface area contributed by atoms with Crippen molar-refractivity contribution in [3.8, 4) is 0 Å². The number of thiazole rings is 1. The number of carbonyl (C=O) groups excluding carboxylic acids is 1. The maximum absolute atomic E-state index is 12.5. The highest BCUT2D eigenvalue weighted by Crippen LogP contribution is 2.29. The van der Waals surface area contributed by atoms with Gasteiger partial charge in [0.25, 0.3) is 0 Å². The number of amides is 1. The van der Waals surface area contributed by atoms with Gasteiger partial charge in [0.1, 0.15) is 5.82 Å². The zero-order chi connectivity index (χ0) is 20.4. The number of aryl methyl sites for hydroxylation is 3. The van der Waals surface area contributed by atoms with E-state index in [9.17, 15) is 4.79 Å². The van der Waals surface area contributed by atoms with Gasteiger partial charge in [-0.25, -0.2) is 4.98 Å². The van der Waals surface area contributed by atoms with Crippen LogP contribution in [0.25, 0.3) is 10.2 Å². The van der Waals surface area contributed by atoms with Gasteiger partial charge in [0.05, 0.1) is 22.5 Å². The van der Waals surface area contributed by atoms with Crippen molar-refractivity contribution in [3.05, 3.63) is 65.0 Å². The summed E-state index contributed by atoms with van der Waals surface area (Å²) in [5.74, 6) is 0.977. The van der Waals surface area contributed by atoms with Gasteiger partial charge < -0.3 is 9.88 Å². The predicted octanol–water partition coefficient (Wildman–Crippen LogP) is 4.59. The standard InChI is InChI=1S/C21H21N5OS2/c1-13-9-14(2)19-17(10-13)29-20(23-19)22-18(27)12-28-21-25-24-15(3)26(21)11-16-7-5-4-6-8-16/h4-10H,11-12H2,1-3H3,(H,22,23,27). The smallest absolute Gasteiger partial charge is 0.236 e. The lowest BCUT2D eigenvalue weighted by Crippen LogP contribution is -2.14. The van der Waals surface area contributed by atoms with Gasteiger partial charge in [0, 0.05) is 0 Å². The van der Waals surface area contributed by atoms with Crippen molar-refractivity contribution in [2.75, 3.05) is 11.1 Å². The third kappa shape index (κ3) is 4.49. The van der Waals surface area contributed by atoms with E-state index in [1.54, 1.807) is 0 Å². The minimum absolute atomic E-state index is 0.102. The molecule has 6 nitrogen and oxygen atoms in total. The fourth-order valence-corrected chi connectivity index (χ4v) is 4.97. The van der Waals surface area contributed by atoms with Gasteiger partial charge in [-0.2, -0.15) is 0 Å². The molecule has 2 aromatic heterocycles. The molecule has 0 aliphatic heterocycles. The summed E-state index contributed by atoms with van der Waals surface area (Å²) in [4.78, 5) is 17.0. The molecule has 0 bridgehead atoms. The third-order valence-electron chi connectivity index (χ3n) is 4.49. The lowest BCUT2D eigenvalue weighted by molar-refractivity contribution is -0.113. The molecule has 0 saturated carbocycles. The second kappa shape index (κ2) is 8.34. The number of nitrogens with zero attached hydrogens (tertiary/aromatic N) is 4. The van der Waals surface area contributed by atoms with Crippen molar-refractivity contribution >= 4 is 44.4 Å². The average molecular weight is 424 g/mol. The molecule has 0 aliphatic carbocycles. The molecule has 0 saturated heterocycles. The minimum atomic E-state index is -0.102. The monoisotopic (exact) mass is 423 g/mol. The summed E-state index contributed by atoms with van der Waals surface area (Å²) in [6.07, 6.45) is 0. The average Bonchev–Trinajstić information content (AvgIpc) is 3.24. The molecule has 4 aromatic rings. The van der Waals surface area contributed by atoms with E-state index in [0.717, 1.165) is 26.8 Å². The van der Waals surface area contributed by atoms with Crippen LogP contribution in [-0.4, -0.2) is 31.4 Å². The van der Waals surface area contributed by atoms with Crippen LogP contribution in [0.3, 0.4) is 0 Å². The molecule has 148 valence electrons. The van der Waals surface area contributed by atoms with Gasteiger partial charge in [-0.3, -0.25) is 4.79 Å². The zero-order valence-electron chi connectivity index (χ0n) is 16.5. The molecule has 2 aromatic carbocycles. The van der Waals surface area contributed by atoms with Crippen molar-refractivity contribution in [3.63, 3.8) is 0 Å². The van der Waals surface area contributed by atoms with E-state index in [4.69, 9.17) is 0 Å². The van der Waals surface area contributed by atoms with Crippen LogP contribution in [0.1, 0.15) is 22.5 Å². The Labute approximate surface area is 177 Å². The quantitative estimate of drug-likeness (QED) is 0.459. The van der Waals surface area contributed by atoms with Crippen molar-refractivity contribution < 1.29 is 4.79 Å². The number of benzene rings is 2. The maximum Gasteiger partial charge on any atom is 0.236 e. The Morgan fingerprint density at radius 3 is 2.72 bits per heavy atom. The fourth-order valence-electron chi connectivity index (χ4n) is 3.13. The summed E-state index contributed by atoms with van der Waals surface area (Å²) in [7, 11) is 0. The van der Waals surface area contributed by atoms with Gasteiger partial charge in [0.15, 0.2) is 10.3 Å². The van der Waals surface area contributed by atoms with E-state index in [0.29, 0.717) is 11.7 Å². The summed E-state index contributed by atoms with van der Waals surface area (Å²) in [5, 5.41) is 12.7. The molecule has 29 heavy (non-hydrogen) atoms. The van der Waals surface area contributed by atoms with Gasteiger partial charge >= 0.3 is 0 Å². The third-order valence-corrected chi connectivity index (χ3v) is 6.38. The summed E-state index contributed by atoms with van der Waals surface area (Å²) in [6, 6.07) is 14.3. The number of aromatic nitrogens is 4. The van der Waals surface area contributed by atoms with Crippen LogP contribution in [0.15, 0.2) is 47.6 Å². The van der Waals surface area contributed by atoms with Crippen LogP contribution in [0, 0.1) is 20.8 Å². The van der Waals surface area contributed by atoms with E-state index >= 15 is 0 Å². The SMILES string of the molecule is Cc1cc(C)c2nc(NC(=O)CSc3nnc(C)n3Cc3ccccc3)sc2c1. The largest absolute Gasteiger partial charge is 0.302 e. The normalized spacial score (nSPS) is 11.1. The molecule has 0 spiro atoms. The first-order valence-electron chi connectivity index (χ1n) is 9.24. The van der Waals surface area contributed by atoms with Gasteiger partial charge in [-0.1, -0.05) is 59.5 Å². The first-order chi connectivity index (χ1) is 14.0. The number of nitrogens with one attached hydrogen (secondary N) is 1. The van der Waals surface area contributed by atoms with E-state index in [1.807, 2.05) is 36.6 Å². The molecule has 1 amide bonds. The molecule has 8 heteroatoms. The van der Waals surface area contributed by atoms with E-state index in [-0.39, 0.29) is 11.7 Å². The Morgan fingerprint density at radius 2 is 1.93 bits per heavy atom. The topological polar surface area (TPSA) is 72.7 Å². The van der Waals surface area contributed by atoms with Crippen LogP contribution >= 0.6 is 23.1 Å². The number of fused-ring (bicyclic) bond motifs is 1. The number of carbonyl (C=O) groups is 1. The van der Waals surface area contributed by atoms with Crippen LogP contribution in [0.2, 0.25) is 0 Å². The molecular formula is C21H21N5OS2. The zero-order valence-corrected chi connectivity index (χ0v) is 18.1. The molecule has 1 N–H and O–H groups in total. The highest BCUT2D eigenvalue weighted by molar-refractivity contribution is 7.99. The van der Waals surface area contributed by atoms with Crippen molar-refractivity contribution in [1.82, 2.24) is 19.7 Å². The number of rotatable bonds is 6. The highest BCUT2D eigenvalue weighted by atomic mass is 32.2. The first-order valence-corrected chi connectivity index (χ1v) is 11.0. The first kappa shape index (κ1) is 19.6. The number of hydrogen-bond acceptors (Lipinski definition) is 6. The van der Waals surface area contributed by atoms with Crippen molar-refractivity contribution in [1.29, 1.82) is 0 Å². The molecule has 0 aliphatic rings. The Bertz CT molecular complexity index is 1170. The minimum Gasteiger partial charge on any atom is -0.302 e. The molecule has 0 radical (unpaired) electrons.